The summed E-state index contributed by atoms with van der Waals surface area (Å²) in [5, 5.41) is 0. The van der Waals surface area contributed by atoms with E-state index in [9.17, 15) is 8.42 Å². The van der Waals surface area contributed by atoms with E-state index in [1.165, 1.54) is 0 Å². The predicted octanol–water partition coefficient (Wildman–Crippen LogP) is 4.09. The lowest BCUT2D eigenvalue weighted by molar-refractivity contribution is 0.224. The number of nitrogens with zero attached hydrogens (tertiary/aromatic N) is 1. The minimum atomic E-state index is -3.45. The molecule has 1 aromatic rings. The molecule has 1 heterocycles. The van der Waals surface area contributed by atoms with Crippen LogP contribution in [-0.4, -0.2) is 34.5 Å². The summed E-state index contributed by atoms with van der Waals surface area (Å²) < 4.78 is 27.8. The smallest absolute Gasteiger partial charge is 0.207 e. The van der Waals surface area contributed by atoms with E-state index in [1.54, 1.807) is 16.4 Å². The molecule has 122 valence electrons. The molecule has 0 radical (unpaired) electrons. The summed E-state index contributed by atoms with van der Waals surface area (Å²) in [7, 11) is -3.45. The molecule has 3 rings (SSSR count). The highest BCUT2D eigenvalue weighted by molar-refractivity contribution is 9.10. The molecule has 0 spiro atoms. The largest absolute Gasteiger partial charge is 0.243 e. The van der Waals surface area contributed by atoms with Crippen LogP contribution in [0.4, 0.5) is 0 Å². The van der Waals surface area contributed by atoms with Crippen molar-refractivity contribution in [3.63, 3.8) is 0 Å². The molecule has 3 nitrogen and oxygen atoms in total. The van der Waals surface area contributed by atoms with Crippen LogP contribution in [0, 0.1) is 12.3 Å². The zero-order valence-electron chi connectivity index (χ0n) is 13.0. The van der Waals surface area contributed by atoms with Crippen LogP contribution in [0.3, 0.4) is 0 Å². The number of benzene rings is 1. The third-order valence-electron chi connectivity index (χ3n) is 5.42. The fourth-order valence-corrected chi connectivity index (χ4v) is 7.76. The first-order chi connectivity index (χ1) is 10.1. The average Bonchev–Trinajstić information content (AvgIpc) is 2.76. The Kier molecular flexibility index (Phi) is 4.08. The maximum Gasteiger partial charge on any atom is 0.243 e. The predicted molar refractivity (Wildman–Crippen MR) is 96.2 cm³/mol. The SMILES string of the molecule is Cc1ccc(S(=O)(=O)N2C[C@@]3(C)C[C@H]2[C@H](Br)C[C@]3(C)Br)cc1. The summed E-state index contributed by atoms with van der Waals surface area (Å²) in [5.74, 6) is 0. The van der Waals surface area contributed by atoms with Gasteiger partial charge in [0, 0.05) is 21.7 Å². The summed E-state index contributed by atoms with van der Waals surface area (Å²) in [6, 6.07) is 7.17. The molecule has 0 N–H and O–H groups in total. The van der Waals surface area contributed by atoms with E-state index in [0.717, 1.165) is 18.4 Å². The number of halogens is 2. The van der Waals surface area contributed by atoms with Crippen LogP contribution in [0.15, 0.2) is 29.2 Å². The number of alkyl halides is 2. The van der Waals surface area contributed by atoms with Gasteiger partial charge < -0.3 is 0 Å². The fraction of sp³-hybridized carbons (Fsp3) is 0.625. The molecule has 1 aliphatic carbocycles. The van der Waals surface area contributed by atoms with Gasteiger partial charge in [-0.2, -0.15) is 4.31 Å². The van der Waals surface area contributed by atoms with Gasteiger partial charge >= 0.3 is 0 Å². The van der Waals surface area contributed by atoms with Gasteiger partial charge in [-0.25, -0.2) is 8.42 Å². The van der Waals surface area contributed by atoms with Crippen molar-refractivity contribution in [3.05, 3.63) is 29.8 Å². The van der Waals surface area contributed by atoms with E-state index in [-0.39, 0.29) is 20.6 Å². The molecule has 0 amide bonds. The van der Waals surface area contributed by atoms with Crippen molar-refractivity contribution in [2.45, 2.75) is 53.7 Å². The average molecular weight is 451 g/mol. The lowest BCUT2D eigenvalue weighted by Gasteiger charge is -2.44. The third kappa shape index (κ3) is 2.50. The van der Waals surface area contributed by atoms with Crippen LogP contribution >= 0.6 is 31.9 Å². The normalized spacial score (nSPS) is 39.1. The molecule has 2 bridgehead atoms. The molecule has 22 heavy (non-hydrogen) atoms. The van der Waals surface area contributed by atoms with Crippen molar-refractivity contribution in [3.8, 4) is 0 Å². The maximum atomic E-state index is 13.1. The van der Waals surface area contributed by atoms with Gasteiger partial charge in [-0.3, -0.25) is 0 Å². The van der Waals surface area contributed by atoms with Crippen molar-refractivity contribution in [2.24, 2.45) is 5.41 Å². The number of hydrogen-bond acceptors (Lipinski definition) is 2. The van der Waals surface area contributed by atoms with Gasteiger partial charge in [0.15, 0.2) is 0 Å². The van der Waals surface area contributed by atoms with E-state index in [2.05, 4.69) is 45.7 Å². The lowest BCUT2D eigenvalue weighted by Crippen LogP contribution is -2.46. The number of hydrogen-bond donors (Lipinski definition) is 0. The zero-order valence-corrected chi connectivity index (χ0v) is 17.0. The number of rotatable bonds is 2. The van der Waals surface area contributed by atoms with Crippen molar-refractivity contribution >= 4 is 41.9 Å². The Morgan fingerprint density at radius 3 is 2.36 bits per heavy atom. The van der Waals surface area contributed by atoms with Crippen LogP contribution in [0.1, 0.15) is 32.3 Å². The Morgan fingerprint density at radius 2 is 1.77 bits per heavy atom. The number of aryl methyl sites for hydroxylation is 1. The van der Waals surface area contributed by atoms with Gasteiger partial charge in [-0.05, 0) is 44.2 Å². The van der Waals surface area contributed by atoms with Gasteiger partial charge in [-0.15, -0.1) is 0 Å². The minimum absolute atomic E-state index is 0.0296. The Hall–Kier alpha value is 0.0900. The van der Waals surface area contributed by atoms with Crippen LogP contribution in [0.25, 0.3) is 0 Å². The topological polar surface area (TPSA) is 37.4 Å². The van der Waals surface area contributed by atoms with Gasteiger partial charge in [0.25, 0.3) is 0 Å². The van der Waals surface area contributed by atoms with Crippen LogP contribution in [0.5, 0.6) is 0 Å². The molecule has 1 saturated heterocycles. The second-order valence-electron chi connectivity index (χ2n) is 7.11. The van der Waals surface area contributed by atoms with E-state index >= 15 is 0 Å². The first-order valence-electron chi connectivity index (χ1n) is 7.48. The summed E-state index contributed by atoms with van der Waals surface area (Å²) in [5.41, 5.74) is 1.03. The van der Waals surface area contributed by atoms with Crippen LogP contribution < -0.4 is 0 Å². The maximum absolute atomic E-state index is 13.1. The fourth-order valence-electron chi connectivity index (χ4n) is 3.63. The molecule has 2 aliphatic rings. The quantitative estimate of drug-likeness (QED) is 0.636. The molecule has 0 aromatic heterocycles. The van der Waals surface area contributed by atoms with E-state index in [0.29, 0.717) is 11.4 Å². The number of sulfonamides is 1. The third-order valence-corrected chi connectivity index (χ3v) is 9.52. The highest BCUT2D eigenvalue weighted by Crippen LogP contribution is 2.57. The molecule has 6 heteroatoms. The Bertz CT molecular complexity index is 687. The molecule has 1 aromatic carbocycles. The second kappa shape index (κ2) is 5.30. The minimum Gasteiger partial charge on any atom is -0.207 e. The highest BCUT2D eigenvalue weighted by atomic mass is 79.9. The van der Waals surface area contributed by atoms with Crippen molar-refractivity contribution < 1.29 is 8.42 Å². The van der Waals surface area contributed by atoms with Crippen molar-refractivity contribution in [2.75, 3.05) is 6.54 Å². The summed E-state index contributed by atoms with van der Waals surface area (Å²) >= 11 is 7.57. The van der Waals surface area contributed by atoms with E-state index in [4.69, 9.17) is 0 Å². The monoisotopic (exact) mass is 449 g/mol. The van der Waals surface area contributed by atoms with Gasteiger partial charge in [0.05, 0.1) is 4.90 Å². The molecular formula is C16H21Br2NO2S. The van der Waals surface area contributed by atoms with Crippen molar-refractivity contribution in [1.82, 2.24) is 4.31 Å². The number of fused-ring (bicyclic) bond motifs is 2. The lowest BCUT2D eigenvalue weighted by atomic mass is 9.69. The second-order valence-corrected chi connectivity index (χ2v) is 11.9. The Labute approximate surface area is 149 Å². The first kappa shape index (κ1) is 16.9. The van der Waals surface area contributed by atoms with Gasteiger partial charge in [0.2, 0.25) is 10.0 Å². The van der Waals surface area contributed by atoms with E-state index < -0.39 is 10.0 Å². The molecule has 1 saturated carbocycles. The van der Waals surface area contributed by atoms with E-state index in [1.807, 2.05) is 19.1 Å². The summed E-state index contributed by atoms with van der Waals surface area (Å²) in [6.45, 7) is 6.90. The summed E-state index contributed by atoms with van der Waals surface area (Å²) in [6.07, 6.45) is 1.81. The zero-order chi connectivity index (χ0) is 16.3. The van der Waals surface area contributed by atoms with Gasteiger partial charge in [-0.1, -0.05) is 56.5 Å². The van der Waals surface area contributed by atoms with Crippen molar-refractivity contribution in [1.29, 1.82) is 0 Å². The first-order valence-corrected chi connectivity index (χ1v) is 10.6. The molecule has 2 fully saturated rings. The molecular weight excluding hydrogens is 430 g/mol. The molecule has 1 aliphatic heterocycles. The Morgan fingerprint density at radius 1 is 1.18 bits per heavy atom. The highest BCUT2D eigenvalue weighted by Gasteiger charge is 2.60. The Balaban J connectivity index is 2.01. The standard InChI is InChI=1S/C16H21Br2NO2S/c1-11-4-6-12(7-5-11)22(20,21)19-10-15(2)9-14(19)13(17)8-16(15,3)18/h4-7,13-14H,8-10H2,1-3H3/t13-,14+,15-,16+/m1/s1. The molecule has 4 atom stereocenters. The van der Waals surface area contributed by atoms with Crippen LogP contribution in [-0.2, 0) is 10.0 Å². The van der Waals surface area contributed by atoms with Gasteiger partial charge in [0.1, 0.15) is 0 Å². The van der Waals surface area contributed by atoms with Crippen LogP contribution in [0.2, 0.25) is 0 Å². The summed E-state index contributed by atoms with van der Waals surface area (Å²) in [4.78, 5) is 0.567. The molecule has 0 unspecified atom stereocenters.